The summed E-state index contributed by atoms with van der Waals surface area (Å²) in [6.45, 7) is 2.50. The first-order valence-electron chi connectivity index (χ1n) is 11.5. The molecule has 0 bridgehead atoms. The molecule has 0 radical (unpaired) electrons. The zero-order valence-electron chi connectivity index (χ0n) is 18.6. The molecule has 0 aliphatic carbocycles. The molecule has 0 spiro atoms. The van der Waals surface area contributed by atoms with Crippen molar-refractivity contribution in [1.82, 2.24) is 19.7 Å². The van der Waals surface area contributed by atoms with Crippen LogP contribution in [0.2, 0.25) is 0 Å². The van der Waals surface area contributed by atoms with Crippen LogP contribution in [0, 0.1) is 5.92 Å². The van der Waals surface area contributed by atoms with Crippen LogP contribution in [-0.4, -0.2) is 44.5 Å². The Bertz CT molecular complexity index is 1260. The molecule has 1 fully saturated rings. The third kappa shape index (κ3) is 4.19. The van der Waals surface area contributed by atoms with Gasteiger partial charge in [-0.25, -0.2) is 4.98 Å². The van der Waals surface area contributed by atoms with Crippen molar-refractivity contribution in [3.8, 4) is 22.7 Å². The number of hydrogen-bond acceptors (Lipinski definition) is 7. The van der Waals surface area contributed by atoms with Crippen molar-refractivity contribution in [3.05, 3.63) is 61.0 Å². The van der Waals surface area contributed by atoms with E-state index in [0.717, 1.165) is 59.6 Å². The van der Waals surface area contributed by atoms with E-state index in [1.165, 1.54) is 0 Å². The molecule has 8 nitrogen and oxygen atoms in total. The van der Waals surface area contributed by atoms with Crippen molar-refractivity contribution in [3.63, 3.8) is 0 Å². The quantitative estimate of drug-likeness (QED) is 0.455. The third-order valence-electron chi connectivity index (χ3n) is 6.29. The van der Waals surface area contributed by atoms with Gasteiger partial charge in [0.2, 0.25) is 5.91 Å². The fourth-order valence-electron chi connectivity index (χ4n) is 4.47. The lowest BCUT2D eigenvalue weighted by Gasteiger charge is -2.32. The van der Waals surface area contributed by atoms with E-state index in [1.54, 1.807) is 18.0 Å². The van der Waals surface area contributed by atoms with Crippen molar-refractivity contribution in [2.24, 2.45) is 5.92 Å². The van der Waals surface area contributed by atoms with Gasteiger partial charge in [0.25, 0.3) is 0 Å². The van der Waals surface area contributed by atoms with Crippen LogP contribution < -0.4 is 10.2 Å². The molecule has 1 amide bonds. The van der Waals surface area contributed by atoms with Crippen LogP contribution in [0.3, 0.4) is 0 Å². The number of hydrogen-bond donors (Lipinski definition) is 1. The molecule has 1 saturated heterocycles. The molecule has 5 heterocycles. The topological polar surface area (TPSA) is 89.1 Å². The Hall–Kier alpha value is -3.59. The number of imidazole rings is 1. The lowest BCUT2D eigenvalue weighted by Crippen LogP contribution is -2.41. The highest BCUT2D eigenvalue weighted by Crippen LogP contribution is 2.30. The Kier molecular flexibility index (Phi) is 5.54. The number of carbonyl (C=O) groups excluding carboxylic acids is 1. The Balaban J connectivity index is 1.09. The largest absolute Gasteiger partial charge is 0.463 e. The van der Waals surface area contributed by atoms with Crippen molar-refractivity contribution in [1.29, 1.82) is 0 Å². The number of thioether (sulfide) groups is 1. The van der Waals surface area contributed by atoms with Gasteiger partial charge in [0, 0.05) is 42.8 Å². The first-order chi connectivity index (χ1) is 16.7. The number of furan rings is 1. The van der Waals surface area contributed by atoms with Crippen LogP contribution in [0.5, 0.6) is 0 Å². The number of amides is 1. The molecule has 2 aliphatic heterocycles. The summed E-state index contributed by atoms with van der Waals surface area (Å²) in [6, 6.07) is 15.5. The summed E-state index contributed by atoms with van der Waals surface area (Å²) in [5.74, 6) is 2.50. The summed E-state index contributed by atoms with van der Waals surface area (Å²) in [5.41, 5.74) is 3.53. The first kappa shape index (κ1) is 21.0. The van der Waals surface area contributed by atoms with Crippen LogP contribution in [0.15, 0.2) is 70.6 Å². The van der Waals surface area contributed by atoms with Gasteiger partial charge in [-0.2, -0.15) is 0 Å². The summed E-state index contributed by atoms with van der Waals surface area (Å²) >= 11 is 1.79. The highest BCUT2D eigenvalue weighted by molar-refractivity contribution is 7.99. The maximum atomic E-state index is 13.0. The number of anilines is 2. The van der Waals surface area contributed by atoms with Crippen LogP contribution in [0.25, 0.3) is 22.7 Å². The molecule has 1 aromatic carbocycles. The summed E-state index contributed by atoms with van der Waals surface area (Å²) in [7, 11) is 0. The summed E-state index contributed by atoms with van der Waals surface area (Å²) < 4.78 is 7.58. The van der Waals surface area contributed by atoms with E-state index in [1.807, 2.05) is 48.5 Å². The van der Waals surface area contributed by atoms with Gasteiger partial charge in [-0.05, 0) is 49.2 Å². The van der Waals surface area contributed by atoms with E-state index >= 15 is 0 Å². The van der Waals surface area contributed by atoms with E-state index in [9.17, 15) is 4.79 Å². The van der Waals surface area contributed by atoms with Crippen molar-refractivity contribution >= 4 is 29.2 Å². The number of carbonyl (C=O) groups is 1. The molecule has 1 unspecified atom stereocenters. The van der Waals surface area contributed by atoms with Crippen molar-refractivity contribution in [2.75, 3.05) is 29.1 Å². The molecule has 6 rings (SSSR count). The van der Waals surface area contributed by atoms with Gasteiger partial charge in [0.15, 0.2) is 16.7 Å². The standard InChI is InChI=1S/C25H24N6O2S/c32-24(26-19-7-5-17(6-8-19)21-16-31-12-14-34-25(31)27-21)18-3-1-11-30(15-18)23-10-9-20(28-29-23)22-4-2-13-33-22/h2,4-10,13,16,18H,1,3,11-12,14-15H2,(H,26,32). The number of fused-ring (bicyclic) bond motifs is 1. The van der Waals surface area contributed by atoms with E-state index in [-0.39, 0.29) is 11.8 Å². The van der Waals surface area contributed by atoms with Crippen molar-refractivity contribution in [2.45, 2.75) is 24.5 Å². The van der Waals surface area contributed by atoms with Gasteiger partial charge in [-0.3, -0.25) is 4.79 Å². The predicted molar refractivity (Wildman–Crippen MR) is 132 cm³/mol. The zero-order valence-corrected chi connectivity index (χ0v) is 19.4. The van der Waals surface area contributed by atoms with E-state index in [4.69, 9.17) is 9.40 Å². The average Bonchev–Trinajstić information content (AvgIpc) is 3.63. The van der Waals surface area contributed by atoms with E-state index in [0.29, 0.717) is 18.0 Å². The highest BCUT2D eigenvalue weighted by Gasteiger charge is 2.27. The molecule has 0 saturated carbocycles. The molecule has 1 N–H and O–H groups in total. The van der Waals surface area contributed by atoms with Gasteiger partial charge in [-0.1, -0.05) is 23.9 Å². The molecule has 172 valence electrons. The average molecular weight is 473 g/mol. The molecule has 2 aliphatic rings. The molecule has 9 heteroatoms. The normalized spacial score (nSPS) is 17.5. The lowest BCUT2D eigenvalue weighted by atomic mass is 9.97. The monoisotopic (exact) mass is 472 g/mol. The number of aromatic nitrogens is 4. The Morgan fingerprint density at radius 2 is 1.97 bits per heavy atom. The number of nitrogens with one attached hydrogen (secondary N) is 1. The molecule has 3 aromatic heterocycles. The van der Waals surface area contributed by atoms with Gasteiger partial charge in [-0.15, -0.1) is 10.2 Å². The van der Waals surface area contributed by atoms with Crippen LogP contribution in [0.1, 0.15) is 12.8 Å². The van der Waals surface area contributed by atoms with E-state index in [2.05, 4.69) is 31.2 Å². The summed E-state index contributed by atoms with van der Waals surface area (Å²) in [4.78, 5) is 19.8. The summed E-state index contributed by atoms with van der Waals surface area (Å²) in [6.07, 6.45) is 5.51. The second-order valence-corrected chi connectivity index (χ2v) is 9.62. The zero-order chi connectivity index (χ0) is 22.9. The van der Waals surface area contributed by atoms with Crippen molar-refractivity contribution < 1.29 is 9.21 Å². The van der Waals surface area contributed by atoms with E-state index < -0.39 is 0 Å². The number of aryl methyl sites for hydroxylation is 1. The molecular formula is C25H24N6O2S. The van der Waals surface area contributed by atoms with Crippen LogP contribution >= 0.6 is 11.8 Å². The fraction of sp³-hybridized carbons (Fsp3) is 0.280. The van der Waals surface area contributed by atoms with Gasteiger partial charge in [0.1, 0.15) is 5.69 Å². The number of nitrogens with zero attached hydrogens (tertiary/aromatic N) is 5. The second kappa shape index (κ2) is 8.98. The highest BCUT2D eigenvalue weighted by atomic mass is 32.2. The molecule has 1 atom stereocenters. The Labute approximate surface area is 201 Å². The fourth-order valence-corrected chi connectivity index (χ4v) is 5.41. The third-order valence-corrected chi connectivity index (χ3v) is 7.26. The second-order valence-electron chi connectivity index (χ2n) is 8.56. The number of piperidine rings is 1. The van der Waals surface area contributed by atoms with Gasteiger partial charge < -0.3 is 19.2 Å². The minimum atomic E-state index is -0.104. The maximum Gasteiger partial charge on any atom is 0.229 e. The van der Waals surface area contributed by atoms with Crippen LogP contribution in [0.4, 0.5) is 11.5 Å². The molecule has 34 heavy (non-hydrogen) atoms. The number of benzene rings is 1. The first-order valence-corrected chi connectivity index (χ1v) is 12.5. The smallest absolute Gasteiger partial charge is 0.229 e. The minimum Gasteiger partial charge on any atom is -0.463 e. The lowest BCUT2D eigenvalue weighted by molar-refractivity contribution is -0.120. The summed E-state index contributed by atoms with van der Waals surface area (Å²) in [5, 5.41) is 12.8. The Morgan fingerprint density at radius 1 is 1.06 bits per heavy atom. The number of rotatable bonds is 5. The minimum absolute atomic E-state index is 0.0370. The maximum absolute atomic E-state index is 13.0. The van der Waals surface area contributed by atoms with Crippen LogP contribution in [-0.2, 0) is 11.3 Å². The Morgan fingerprint density at radius 3 is 2.74 bits per heavy atom. The molecular weight excluding hydrogens is 448 g/mol. The molecule has 4 aromatic rings. The predicted octanol–water partition coefficient (Wildman–Crippen LogP) is 4.56. The van der Waals surface area contributed by atoms with Gasteiger partial charge >= 0.3 is 0 Å². The van der Waals surface area contributed by atoms with Gasteiger partial charge in [0.05, 0.1) is 17.9 Å². The SMILES string of the molecule is O=C(Nc1ccc(-c2cn3c(n2)SCC3)cc1)C1CCCN(c2ccc(-c3ccco3)nn2)C1.